The summed E-state index contributed by atoms with van der Waals surface area (Å²) in [5, 5.41) is 1.59. The number of anilines is 2. The van der Waals surface area contributed by atoms with Gasteiger partial charge in [0.15, 0.2) is 0 Å². The minimum Gasteiger partial charge on any atom is -0.495 e. The highest BCUT2D eigenvalue weighted by molar-refractivity contribution is 7.94. The van der Waals surface area contributed by atoms with E-state index in [-0.39, 0.29) is 4.21 Å². The van der Waals surface area contributed by atoms with E-state index >= 15 is 0 Å². The second-order valence-electron chi connectivity index (χ2n) is 4.01. The van der Waals surface area contributed by atoms with Gasteiger partial charge in [-0.25, -0.2) is 8.42 Å². The first-order chi connectivity index (χ1) is 8.92. The summed E-state index contributed by atoms with van der Waals surface area (Å²) in [7, 11) is -2.14. The quantitative estimate of drug-likeness (QED) is 0.908. The summed E-state index contributed by atoms with van der Waals surface area (Å²) < 4.78 is 32.2. The van der Waals surface area contributed by atoms with Gasteiger partial charge in [0.1, 0.15) is 9.96 Å². The standard InChI is InChI=1S/C12H14N2O3S2/c1-8-3-4-11(17-2)10(5-8)14-19(15,16)12-6-9(13)7-18-12/h3-7,14H,13H2,1-2H3. The minimum atomic E-state index is -3.63. The molecule has 0 aliphatic carbocycles. The molecule has 0 amide bonds. The molecule has 0 unspecified atom stereocenters. The molecule has 0 bridgehead atoms. The smallest absolute Gasteiger partial charge is 0.271 e. The normalized spacial score (nSPS) is 11.3. The van der Waals surface area contributed by atoms with Crippen LogP contribution in [0.15, 0.2) is 33.9 Å². The molecule has 0 atom stereocenters. The number of nitrogens with one attached hydrogen (secondary N) is 1. The Morgan fingerprint density at radius 3 is 2.63 bits per heavy atom. The number of hydrogen-bond acceptors (Lipinski definition) is 5. The van der Waals surface area contributed by atoms with E-state index in [1.54, 1.807) is 17.5 Å². The summed E-state index contributed by atoms with van der Waals surface area (Å²) in [6, 6.07) is 6.71. The summed E-state index contributed by atoms with van der Waals surface area (Å²) in [5.41, 5.74) is 7.32. The van der Waals surface area contributed by atoms with Gasteiger partial charge in [0.25, 0.3) is 10.0 Å². The van der Waals surface area contributed by atoms with Crippen molar-refractivity contribution in [3.8, 4) is 5.75 Å². The maximum Gasteiger partial charge on any atom is 0.271 e. The van der Waals surface area contributed by atoms with E-state index in [2.05, 4.69) is 4.72 Å². The van der Waals surface area contributed by atoms with Crippen molar-refractivity contribution in [1.82, 2.24) is 0 Å². The van der Waals surface area contributed by atoms with E-state index in [1.807, 2.05) is 13.0 Å². The second kappa shape index (κ2) is 5.10. The first-order valence-corrected chi connectivity index (χ1v) is 7.80. The number of benzene rings is 1. The van der Waals surface area contributed by atoms with Crippen LogP contribution in [0.25, 0.3) is 0 Å². The molecule has 0 aliphatic rings. The fraction of sp³-hybridized carbons (Fsp3) is 0.167. The van der Waals surface area contributed by atoms with Crippen molar-refractivity contribution in [3.63, 3.8) is 0 Å². The molecule has 1 aromatic carbocycles. The Hall–Kier alpha value is -1.73. The Morgan fingerprint density at radius 2 is 2.05 bits per heavy atom. The Kier molecular flexibility index (Phi) is 3.68. The summed E-state index contributed by atoms with van der Waals surface area (Å²) in [4.78, 5) is 0. The lowest BCUT2D eigenvalue weighted by Crippen LogP contribution is -2.12. The molecule has 102 valence electrons. The number of sulfonamides is 1. The Balaban J connectivity index is 2.38. The zero-order chi connectivity index (χ0) is 14.0. The fourth-order valence-electron chi connectivity index (χ4n) is 1.57. The molecule has 0 aliphatic heterocycles. The number of hydrogen-bond donors (Lipinski definition) is 2. The molecule has 1 heterocycles. The third-order valence-electron chi connectivity index (χ3n) is 2.46. The number of methoxy groups -OCH3 is 1. The predicted octanol–water partition coefficient (Wildman–Crippen LogP) is 2.45. The van der Waals surface area contributed by atoms with Crippen LogP contribution in [0.2, 0.25) is 0 Å². The molecule has 19 heavy (non-hydrogen) atoms. The van der Waals surface area contributed by atoms with E-state index in [4.69, 9.17) is 10.5 Å². The number of aryl methyl sites for hydroxylation is 1. The lowest BCUT2D eigenvalue weighted by molar-refractivity contribution is 0.417. The number of ether oxygens (including phenoxy) is 1. The fourth-order valence-corrected chi connectivity index (χ4v) is 3.71. The maximum absolute atomic E-state index is 12.2. The first-order valence-electron chi connectivity index (χ1n) is 5.44. The van der Waals surface area contributed by atoms with Crippen LogP contribution in [-0.2, 0) is 10.0 Å². The topological polar surface area (TPSA) is 81.4 Å². The molecule has 5 nitrogen and oxygen atoms in total. The van der Waals surface area contributed by atoms with Crippen molar-refractivity contribution in [2.75, 3.05) is 17.6 Å². The molecule has 1 aromatic heterocycles. The molecule has 0 saturated carbocycles. The van der Waals surface area contributed by atoms with Crippen LogP contribution < -0.4 is 15.2 Å². The largest absolute Gasteiger partial charge is 0.495 e. The molecule has 3 N–H and O–H groups in total. The van der Waals surface area contributed by atoms with Gasteiger partial charge in [0.05, 0.1) is 12.8 Å². The van der Waals surface area contributed by atoms with Gasteiger partial charge in [-0.15, -0.1) is 11.3 Å². The number of nitrogens with two attached hydrogens (primary N) is 1. The highest BCUT2D eigenvalue weighted by atomic mass is 32.2. The summed E-state index contributed by atoms with van der Waals surface area (Å²) >= 11 is 1.08. The van der Waals surface area contributed by atoms with Crippen LogP contribution >= 0.6 is 11.3 Å². The van der Waals surface area contributed by atoms with Crippen LogP contribution in [0, 0.1) is 6.92 Å². The van der Waals surface area contributed by atoms with Crippen molar-refractivity contribution in [1.29, 1.82) is 0 Å². The van der Waals surface area contributed by atoms with Gasteiger partial charge in [0.2, 0.25) is 0 Å². The molecule has 2 aromatic rings. The zero-order valence-electron chi connectivity index (χ0n) is 10.5. The highest BCUT2D eigenvalue weighted by Crippen LogP contribution is 2.29. The average Bonchev–Trinajstić information content (AvgIpc) is 2.76. The molecule has 2 rings (SSSR count). The van der Waals surface area contributed by atoms with Gasteiger partial charge in [-0.05, 0) is 30.7 Å². The van der Waals surface area contributed by atoms with E-state index in [9.17, 15) is 8.42 Å². The zero-order valence-corrected chi connectivity index (χ0v) is 12.1. The van der Waals surface area contributed by atoms with E-state index in [0.29, 0.717) is 17.1 Å². The van der Waals surface area contributed by atoms with Crippen LogP contribution in [0.1, 0.15) is 5.56 Å². The van der Waals surface area contributed by atoms with Gasteiger partial charge in [0, 0.05) is 11.1 Å². The van der Waals surface area contributed by atoms with Gasteiger partial charge in [-0.3, -0.25) is 4.72 Å². The molecule has 0 spiro atoms. The lowest BCUT2D eigenvalue weighted by atomic mass is 10.2. The molecule has 0 saturated heterocycles. The van der Waals surface area contributed by atoms with Gasteiger partial charge in [-0.1, -0.05) is 6.07 Å². The van der Waals surface area contributed by atoms with E-state index < -0.39 is 10.0 Å². The van der Waals surface area contributed by atoms with Crippen molar-refractivity contribution < 1.29 is 13.2 Å². The molecule has 7 heteroatoms. The summed E-state index contributed by atoms with van der Waals surface area (Å²) in [5.74, 6) is 0.471. The number of rotatable bonds is 4. The van der Waals surface area contributed by atoms with Crippen molar-refractivity contribution >= 4 is 32.7 Å². The predicted molar refractivity (Wildman–Crippen MR) is 77.3 cm³/mol. The molecular weight excluding hydrogens is 284 g/mol. The lowest BCUT2D eigenvalue weighted by Gasteiger charge is -2.11. The van der Waals surface area contributed by atoms with Crippen LogP contribution in [-0.4, -0.2) is 15.5 Å². The van der Waals surface area contributed by atoms with Gasteiger partial charge >= 0.3 is 0 Å². The molecule has 0 fully saturated rings. The Bertz CT molecular complexity index is 693. The first kappa shape index (κ1) is 13.7. The third kappa shape index (κ3) is 2.99. The van der Waals surface area contributed by atoms with Crippen molar-refractivity contribution in [2.45, 2.75) is 11.1 Å². The summed E-state index contributed by atoms with van der Waals surface area (Å²) in [6.07, 6.45) is 0. The number of nitrogen functional groups attached to an aromatic ring is 1. The monoisotopic (exact) mass is 298 g/mol. The third-order valence-corrected chi connectivity index (χ3v) is 5.28. The summed E-state index contributed by atoms with van der Waals surface area (Å²) in [6.45, 7) is 1.88. The highest BCUT2D eigenvalue weighted by Gasteiger charge is 2.18. The Labute approximate surface area is 116 Å². The van der Waals surface area contributed by atoms with E-state index in [0.717, 1.165) is 16.9 Å². The SMILES string of the molecule is COc1ccc(C)cc1NS(=O)(=O)c1cc(N)cs1. The van der Waals surface area contributed by atoms with Gasteiger partial charge < -0.3 is 10.5 Å². The van der Waals surface area contributed by atoms with Crippen LogP contribution in [0.3, 0.4) is 0 Å². The number of thiophene rings is 1. The van der Waals surface area contributed by atoms with Gasteiger partial charge in [-0.2, -0.15) is 0 Å². The molecular formula is C12H14N2O3S2. The van der Waals surface area contributed by atoms with Crippen LogP contribution in [0.4, 0.5) is 11.4 Å². The molecule has 0 radical (unpaired) electrons. The second-order valence-corrected chi connectivity index (χ2v) is 6.83. The Morgan fingerprint density at radius 1 is 1.32 bits per heavy atom. The van der Waals surface area contributed by atoms with E-state index in [1.165, 1.54) is 13.2 Å². The minimum absolute atomic E-state index is 0.175. The van der Waals surface area contributed by atoms with Crippen LogP contribution in [0.5, 0.6) is 5.75 Å². The van der Waals surface area contributed by atoms with Crippen molar-refractivity contribution in [2.24, 2.45) is 0 Å². The average molecular weight is 298 g/mol. The maximum atomic E-state index is 12.2. The van der Waals surface area contributed by atoms with Crippen molar-refractivity contribution in [3.05, 3.63) is 35.2 Å².